The van der Waals surface area contributed by atoms with Crippen molar-refractivity contribution in [1.29, 1.82) is 0 Å². The highest BCUT2D eigenvalue weighted by Gasteiger charge is 2.22. The number of hydrogen-bond acceptors (Lipinski definition) is 3. The van der Waals surface area contributed by atoms with Crippen LogP contribution in [0.1, 0.15) is 43.6 Å². The minimum Gasteiger partial charge on any atom is -0.377 e. The molecule has 0 unspecified atom stereocenters. The molecule has 1 N–H and O–H groups in total. The van der Waals surface area contributed by atoms with Gasteiger partial charge in [-0.15, -0.1) is 0 Å². The van der Waals surface area contributed by atoms with Gasteiger partial charge in [0.15, 0.2) is 0 Å². The smallest absolute Gasteiger partial charge is 0.257 e. The monoisotopic (exact) mass is 415 g/mol. The molecule has 0 bridgehead atoms. The van der Waals surface area contributed by atoms with E-state index in [0.29, 0.717) is 22.8 Å². The first kappa shape index (κ1) is 22.8. The zero-order valence-corrected chi connectivity index (χ0v) is 18.7. The Morgan fingerprint density at radius 1 is 1.03 bits per heavy atom. The van der Waals surface area contributed by atoms with Crippen LogP contribution in [0.2, 0.25) is 5.02 Å². The summed E-state index contributed by atoms with van der Waals surface area (Å²) in [7, 11) is 3.93. The summed E-state index contributed by atoms with van der Waals surface area (Å²) in [5.41, 5.74) is 3.06. The minimum atomic E-state index is -0.266. The second kappa shape index (κ2) is 9.79. The molecule has 0 radical (unpaired) electrons. The van der Waals surface area contributed by atoms with Gasteiger partial charge in [-0.25, -0.2) is 0 Å². The number of benzene rings is 2. The van der Waals surface area contributed by atoms with Crippen LogP contribution in [0.25, 0.3) is 0 Å². The molecule has 6 heteroatoms. The molecule has 0 spiro atoms. The average Bonchev–Trinajstić information content (AvgIpc) is 2.65. The van der Waals surface area contributed by atoms with Gasteiger partial charge in [0.2, 0.25) is 5.91 Å². The molecule has 0 aliphatic carbocycles. The van der Waals surface area contributed by atoms with E-state index in [4.69, 9.17) is 11.6 Å². The van der Waals surface area contributed by atoms with Crippen LogP contribution in [0, 0.1) is 5.92 Å². The van der Waals surface area contributed by atoms with Gasteiger partial charge in [0.05, 0.1) is 10.6 Å². The number of carbonyl (C=O) groups is 2. The van der Waals surface area contributed by atoms with Crippen molar-refractivity contribution in [1.82, 2.24) is 4.90 Å². The first-order valence-electron chi connectivity index (χ1n) is 9.78. The Labute approximate surface area is 178 Å². The molecule has 0 fully saturated rings. The second-order valence-electron chi connectivity index (χ2n) is 7.89. The van der Waals surface area contributed by atoms with Crippen molar-refractivity contribution >= 4 is 34.8 Å². The fraction of sp³-hybridized carbons (Fsp3) is 0.391. The van der Waals surface area contributed by atoms with Crippen LogP contribution in [0.4, 0.5) is 11.4 Å². The second-order valence-corrected chi connectivity index (χ2v) is 8.29. The predicted octanol–water partition coefficient (Wildman–Crippen LogP) is 5.05. The van der Waals surface area contributed by atoms with Crippen molar-refractivity contribution in [3.63, 3.8) is 0 Å². The zero-order chi connectivity index (χ0) is 21.7. The molecule has 0 saturated carbocycles. The van der Waals surface area contributed by atoms with Gasteiger partial charge in [-0.2, -0.15) is 0 Å². The first-order chi connectivity index (χ1) is 13.6. The third-order valence-electron chi connectivity index (χ3n) is 4.68. The van der Waals surface area contributed by atoms with Crippen LogP contribution in [0.15, 0.2) is 42.5 Å². The average molecular weight is 416 g/mol. The standard InChI is InChI=1S/C23H30ClN3O2/c1-15(2)23(29)27(16(3)4)14-17-13-18(11-12-21(17)26(5)6)25-22(28)19-9-7-8-10-20(19)24/h7-13,15-16H,14H2,1-6H3,(H,25,28). The third-order valence-corrected chi connectivity index (χ3v) is 5.01. The van der Waals surface area contributed by atoms with Crippen molar-refractivity contribution in [2.75, 3.05) is 24.3 Å². The molecule has 0 aromatic heterocycles. The van der Waals surface area contributed by atoms with E-state index in [2.05, 4.69) is 5.32 Å². The van der Waals surface area contributed by atoms with Gasteiger partial charge < -0.3 is 15.1 Å². The number of nitrogens with one attached hydrogen (secondary N) is 1. The summed E-state index contributed by atoms with van der Waals surface area (Å²) in [6.45, 7) is 8.31. The third kappa shape index (κ3) is 5.73. The lowest BCUT2D eigenvalue weighted by atomic mass is 10.1. The maximum absolute atomic E-state index is 12.7. The highest BCUT2D eigenvalue weighted by atomic mass is 35.5. The summed E-state index contributed by atoms with van der Waals surface area (Å²) in [6, 6.07) is 12.8. The summed E-state index contributed by atoms with van der Waals surface area (Å²) < 4.78 is 0. The molecule has 0 saturated heterocycles. The topological polar surface area (TPSA) is 52.7 Å². The number of hydrogen-bond donors (Lipinski definition) is 1. The van der Waals surface area contributed by atoms with E-state index in [-0.39, 0.29) is 23.8 Å². The maximum atomic E-state index is 12.7. The number of halogens is 1. The Bertz CT molecular complexity index is 878. The van der Waals surface area contributed by atoms with Gasteiger partial charge in [-0.3, -0.25) is 9.59 Å². The quantitative estimate of drug-likeness (QED) is 0.688. The van der Waals surface area contributed by atoms with Crippen LogP contribution in [-0.4, -0.2) is 36.9 Å². The van der Waals surface area contributed by atoms with Crippen LogP contribution in [0.3, 0.4) is 0 Å². The van der Waals surface area contributed by atoms with Crippen molar-refractivity contribution in [2.24, 2.45) is 5.92 Å². The van der Waals surface area contributed by atoms with Crippen LogP contribution < -0.4 is 10.2 Å². The highest BCUT2D eigenvalue weighted by molar-refractivity contribution is 6.34. The van der Waals surface area contributed by atoms with Crippen LogP contribution >= 0.6 is 11.6 Å². The fourth-order valence-corrected chi connectivity index (χ4v) is 3.32. The molecular weight excluding hydrogens is 386 g/mol. The van der Waals surface area contributed by atoms with Gasteiger partial charge >= 0.3 is 0 Å². The van der Waals surface area contributed by atoms with Crippen LogP contribution in [0.5, 0.6) is 0 Å². The number of amides is 2. The normalized spacial score (nSPS) is 10.9. The molecule has 2 rings (SSSR count). The lowest BCUT2D eigenvalue weighted by molar-refractivity contribution is -0.136. The van der Waals surface area contributed by atoms with Gasteiger partial charge in [-0.1, -0.05) is 37.6 Å². The molecule has 2 aromatic carbocycles. The summed E-state index contributed by atoms with van der Waals surface area (Å²) in [5.74, 6) is -0.239. The molecular formula is C23H30ClN3O2. The molecule has 2 amide bonds. The molecule has 0 aliphatic rings. The summed E-state index contributed by atoms with van der Waals surface area (Å²) in [4.78, 5) is 29.2. The molecule has 29 heavy (non-hydrogen) atoms. The molecule has 5 nitrogen and oxygen atoms in total. The molecule has 0 heterocycles. The van der Waals surface area contributed by atoms with E-state index in [1.807, 2.05) is 69.8 Å². The molecule has 0 aliphatic heterocycles. The van der Waals surface area contributed by atoms with E-state index in [9.17, 15) is 9.59 Å². The van der Waals surface area contributed by atoms with Gasteiger partial charge in [0, 0.05) is 44.0 Å². The lowest BCUT2D eigenvalue weighted by Gasteiger charge is -2.30. The summed E-state index contributed by atoms with van der Waals surface area (Å²) in [6.07, 6.45) is 0. The largest absolute Gasteiger partial charge is 0.377 e. The molecule has 0 atom stereocenters. The Hall–Kier alpha value is -2.53. The molecule has 2 aromatic rings. The number of anilines is 2. The van der Waals surface area contributed by atoms with Gasteiger partial charge in [-0.05, 0) is 49.7 Å². The number of rotatable bonds is 7. The van der Waals surface area contributed by atoms with Crippen LogP contribution in [-0.2, 0) is 11.3 Å². The Balaban J connectivity index is 2.35. The maximum Gasteiger partial charge on any atom is 0.257 e. The van der Waals surface area contributed by atoms with Crippen molar-refractivity contribution in [3.8, 4) is 0 Å². The summed E-state index contributed by atoms with van der Waals surface area (Å²) in [5, 5.41) is 3.32. The predicted molar refractivity (Wildman–Crippen MR) is 121 cm³/mol. The number of carbonyl (C=O) groups excluding carboxylic acids is 2. The molecule has 156 valence electrons. The van der Waals surface area contributed by atoms with E-state index in [0.717, 1.165) is 11.3 Å². The van der Waals surface area contributed by atoms with E-state index in [1.165, 1.54) is 0 Å². The van der Waals surface area contributed by atoms with Crippen molar-refractivity contribution in [2.45, 2.75) is 40.3 Å². The SMILES string of the molecule is CC(C)C(=O)N(Cc1cc(NC(=O)c2ccccc2Cl)ccc1N(C)C)C(C)C. The Morgan fingerprint density at radius 2 is 1.69 bits per heavy atom. The Kier molecular flexibility index (Phi) is 7.68. The lowest BCUT2D eigenvalue weighted by Crippen LogP contribution is -2.39. The van der Waals surface area contributed by atoms with Gasteiger partial charge in [0.1, 0.15) is 0 Å². The number of nitrogens with zero attached hydrogens (tertiary/aromatic N) is 2. The Morgan fingerprint density at radius 3 is 2.24 bits per heavy atom. The first-order valence-corrected chi connectivity index (χ1v) is 10.2. The highest BCUT2D eigenvalue weighted by Crippen LogP contribution is 2.26. The van der Waals surface area contributed by atoms with Gasteiger partial charge in [0.25, 0.3) is 5.91 Å². The fourth-order valence-electron chi connectivity index (χ4n) is 3.10. The van der Waals surface area contributed by atoms with E-state index in [1.54, 1.807) is 24.3 Å². The van der Waals surface area contributed by atoms with Crippen molar-refractivity contribution in [3.05, 3.63) is 58.6 Å². The van der Waals surface area contributed by atoms with Crippen molar-refractivity contribution < 1.29 is 9.59 Å². The summed E-state index contributed by atoms with van der Waals surface area (Å²) >= 11 is 6.14. The minimum absolute atomic E-state index is 0.0706. The van der Waals surface area contributed by atoms with E-state index < -0.39 is 0 Å². The zero-order valence-electron chi connectivity index (χ0n) is 18.0. The van der Waals surface area contributed by atoms with E-state index >= 15 is 0 Å².